The van der Waals surface area contributed by atoms with Gasteiger partial charge in [0, 0.05) is 6.42 Å². The number of carboxylic acids is 1. The van der Waals surface area contributed by atoms with Gasteiger partial charge < -0.3 is 48.9 Å². The van der Waals surface area contributed by atoms with Gasteiger partial charge in [-0.2, -0.15) is 0 Å². The minimum absolute atomic E-state index is 0.0486. The molecular weight excluding hydrogens is 588 g/mol. The van der Waals surface area contributed by atoms with Crippen LogP contribution in [-0.2, 0) is 40.0 Å². The Morgan fingerprint density at radius 3 is 1.96 bits per heavy atom. The van der Waals surface area contributed by atoms with E-state index in [9.17, 15) is 38.7 Å². The number of carbonyl (C=O) groups is 7. The molecule has 45 heavy (non-hydrogen) atoms. The number of unbranched alkanes of at least 4 members (excludes halogenated alkanes) is 1. The quantitative estimate of drug-likeness (QED) is 0.0635. The van der Waals surface area contributed by atoms with Gasteiger partial charge in [-0.3, -0.25) is 28.8 Å². The predicted molar refractivity (Wildman–Crippen MR) is 164 cm³/mol. The lowest BCUT2D eigenvalue weighted by atomic mass is 10.0. The minimum Gasteiger partial charge on any atom is -0.480 e. The van der Waals surface area contributed by atoms with E-state index in [1.807, 2.05) is 13.8 Å². The van der Waals surface area contributed by atoms with Crippen molar-refractivity contribution in [2.45, 2.75) is 76.5 Å². The second-order valence-electron chi connectivity index (χ2n) is 11.0. The molecule has 1 aromatic carbocycles. The standard InChI is InChI=1S/C29H46N8O8/c1-17(2)12-21(27(42)36-20(29(44)45)10-6-7-11-30)37-28(43)22(13-18-8-4-3-5-9-18)35-25(40)16-33-24(39)15-34-26(41)19(31)14-23(32)38/h3-5,8-9,17,19-22H,6-7,10-16,30-31H2,1-2H3,(H2,32,38)(H,33,39)(H,34,41)(H,35,40)(H,36,42)(H,37,43)(H,44,45)/t19-,20-,21-,22-/m0/s1. The highest BCUT2D eigenvalue weighted by Gasteiger charge is 2.30. The number of hydrogen-bond acceptors (Lipinski definition) is 9. The van der Waals surface area contributed by atoms with Gasteiger partial charge in [-0.05, 0) is 43.7 Å². The molecule has 0 aromatic heterocycles. The molecule has 16 heteroatoms. The van der Waals surface area contributed by atoms with Gasteiger partial charge in [-0.15, -0.1) is 0 Å². The predicted octanol–water partition coefficient (Wildman–Crippen LogP) is -2.62. The maximum atomic E-state index is 13.5. The molecule has 12 N–H and O–H groups in total. The van der Waals surface area contributed by atoms with E-state index in [0.717, 1.165) is 0 Å². The maximum absolute atomic E-state index is 13.5. The molecule has 0 bridgehead atoms. The van der Waals surface area contributed by atoms with Crippen molar-refractivity contribution in [3.8, 4) is 0 Å². The Labute approximate surface area is 262 Å². The zero-order valence-electron chi connectivity index (χ0n) is 25.7. The first kappa shape index (κ1) is 38.5. The Hall–Kier alpha value is -4.57. The molecule has 0 aliphatic heterocycles. The minimum atomic E-state index is -1.23. The van der Waals surface area contributed by atoms with Crippen molar-refractivity contribution in [1.29, 1.82) is 0 Å². The molecule has 0 saturated carbocycles. The van der Waals surface area contributed by atoms with Crippen LogP contribution in [0.1, 0.15) is 51.5 Å². The summed E-state index contributed by atoms with van der Waals surface area (Å²) in [6.07, 6.45) is 1.09. The van der Waals surface area contributed by atoms with Crippen LogP contribution in [-0.4, -0.2) is 90.3 Å². The fourth-order valence-corrected chi connectivity index (χ4v) is 4.15. The monoisotopic (exact) mass is 634 g/mol. The fourth-order valence-electron chi connectivity index (χ4n) is 4.15. The molecule has 0 fully saturated rings. The number of rotatable bonds is 21. The van der Waals surface area contributed by atoms with Gasteiger partial charge in [0.25, 0.3) is 0 Å². The van der Waals surface area contributed by atoms with Crippen LogP contribution < -0.4 is 43.8 Å². The third-order valence-electron chi connectivity index (χ3n) is 6.46. The summed E-state index contributed by atoms with van der Waals surface area (Å²) in [4.78, 5) is 86.0. The molecular formula is C29H46N8O8. The number of carbonyl (C=O) groups excluding carboxylic acids is 6. The van der Waals surface area contributed by atoms with Crippen molar-refractivity contribution in [2.24, 2.45) is 23.1 Å². The smallest absolute Gasteiger partial charge is 0.326 e. The second-order valence-corrected chi connectivity index (χ2v) is 11.0. The number of carboxylic acid groups (broad SMARTS) is 1. The lowest BCUT2D eigenvalue weighted by Crippen LogP contribution is -2.57. The van der Waals surface area contributed by atoms with Gasteiger partial charge in [0.15, 0.2) is 0 Å². The molecule has 4 atom stereocenters. The topological polar surface area (TPSA) is 278 Å². The normalized spacial score (nSPS) is 13.4. The van der Waals surface area contributed by atoms with Crippen molar-refractivity contribution >= 4 is 41.4 Å². The van der Waals surface area contributed by atoms with Crippen LogP contribution in [0.3, 0.4) is 0 Å². The zero-order valence-corrected chi connectivity index (χ0v) is 25.7. The Morgan fingerprint density at radius 2 is 1.38 bits per heavy atom. The van der Waals surface area contributed by atoms with Gasteiger partial charge in [0.2, 0.25) is 35.4 Å². The summed E-state index contributed by atoms with van der Waals surface area (Å²) < 4.78 is 0. The summed E-state index contributed by atoms with van der Waals surface area (Å²) in [6, 6.07) is 4.13. The van der Waals surface area contributed by atoms with Crippen molar-refractivity contribution in [3.63, 3.8) is 0 Å². The third-order valence-corrected chi connectivity index (χ3v) is 6.46. The highest BCUT2D eigenvalue weighted by molar-refractivity contribution is 5.95. The van der Waals surface area contributed by atoms with Crippen molar-refractivity contribution in [1.82, 2.24) is 26.6 Å². The van der Waals surface area contributed by atoms with Crippen molar-refractivity contribution in [2.75, 3.05) is 19.6 Å². The summed E-state index contributed by atoms with van der Waals surface area (Å²) in [7, 11) is 0. The third kappa shape index (κ3) is 16.2. The Bertz CT molecular complexity index is 1160. The average molecular weight is 635 g/mol. The van der Waals surface area contributed by atoms with E-state index < -0.39 is 85.1 Å². The van der Waals surface area contributed by atoms with E-state index in [1.165, 1.54) is 0 Å². The van der Waals surface area contributed by atoms with Crippen LogP contribution in [0, 0.1) is 5.92 Å². The Balaban J connectivity index is 2.93. The molecule has 1 rings (SSSR count). The van der Waals surface area contributed by atoms with E-state index in [2.05, 4.69) is 26.6 Å². The summed E-state index contributed by atoms with van der Waals surface area (Å²) in [5.74, 6) is -5.65. The molecule has 250 valence electrons. The van der Waals surface area contributed by atoms with Gasteiger partial charge in [0.1, 0.15) is 18.1 Å². The molecule has 16 nitrogen and oxygen atoms in total. The molecule has 0 aliphatic carbocycles. The zero-order chi connectivity index (χ0) is 33.9. The number of primary amides is 1. The van der Waals surface area contributed by atoms with Crippen LogP contribution >= 0.6 is 0 Å². The first-order valence-electron chi connectivity index (χ1n) is 14.7. The summed E-state index contributed by atoms with van der Waals surface area (Å²) in [5.41, 5.74) is 16.7. The van der Waals surface area contributed by atoms with E-state index in [0.29, 0.717) is 24.9 Å². The molecule has 1 aromatic rings. The van der Waals surface area contributed by atoms with E-state index in [1.54, 1.807) is 30.3 Å². The van der Waals surface area contributed by atoms with Crippen LogP contribution in [0.15, 0.2) is 30.3 Å². The van der Waals surface area contributed by atoms with Gasteiger partial charge >= 0.3 is 5.97 Å². The van der Waals surface area contributed by atoms with Crippen LogP contribution in [0.5, 0.6) is 0 Å². The Kier molecular flexibility index (Phi) is 17.4. The molecule has 0 radical (unpaired) electrons. The molecule has 0 unspecified atom stereocenters. The average Bonchev–Trinajstić information content (AvgIpc) is 2.97. The van der Waals surface area contributed by atoms with E-state index in [-0.39, 0.29) is 25.2 Å². The van der Waals surface area contributed by atoms with E-state index in [4.69, 9.17) is 17.2 Å². The summed E-state index contributed by atoms with van der Waals surface area (Å²) in [6.45, 7) is 2.99. The summed E-state index contributed by atoms with van der Waals surface area (Å²) >= 11 is 0. The Morgan fingerprint density at radius 1 is 0.778 bits per heavy atom. The van der Waals surface area contributed by atoms with Gasteiger partial charge in [-0.1, -0.05) is 44.2 Å². The van der Waals surface area contributed by atoms with Crippen LogP contribution in [0.25, 0.3) is 0 Å². The summed E-state index contributed by atoms with van der Waals surface area (Å²) in [5, 5.41) is 21.8. The maximum Gasteiger partial charge on any atom is 0.326 e. The second kappa shape index (κ2) is 20.4. The van der Waals surface area contributed by atoms with E-state index >= 15 is 0 Å². The number of amides is 6. The molecule has 0 saturated heterocycles. The highest BCUT2D eigenvalue weighted by atomic mass is 16.4. The lowest BCUT2D eigenvalue weighted by Gasteiger charge is -2.25. The van der Waals surface area contributed by atoms with Crippen molar-refractivity contribution in [3.05, 3.63) is 35.9 Å². The largest absolute Gasteiger partial charge is 0.480 e. The number of hydrogen-bond donors (Lipinski definition) is 9. The van der Waals surface area contributed by atoms with Gasteiger partial charge in [-0.25, -0.2) is 4.79 Å². The van der Waals surface area contributed by atoms with Crippen molar-refractivity contribution < 1.29 is 38.7 Å². The number of benzene rings is 1. The molecule has 0 heterocycles. The number of nitrogens with one attached hydrogen (secondary N) is 5. The number of aliphatic carboxylic acids is 1. The first-order valence-corrected chi connectivity index (χ1v) is 14.7. The van der Waals surface area contributed by atoms with Crippen LogP contribution in [0.2, 0.25) is 0 Å². The van der Waals surface area contributed by atoms with Crippen LogP contribution in [0.4, 0.5) is 0 Å². The first-order chi connectivity index (χ1) is 21.2. The highest BCUT2D eigenvalue weighted by Crippen LogP contribution is 2.09. The molecule has 6 amide bonds. The SMILES string of the molecule is CC(C)C[C@H](NC(=O)[C@H](Cc1ccccc1)NC(=O)CNC(=O)CNC(=O)[C@@H](N)CC(N)=O)C(=O)N[C@@H](CCCCN)C(=O)O. The van der Waals surface area contributed by atoms with Gasteiger partial charge in [0.05, 0.1) is 25.6 Å². The number of nitrogens with two attached hydrogens (primary N) is 3. The fraction of sp³-hybridized carbons (Fsp3) is 0.552. The lowest BCUT2D eigenvalue weighted by molar-refractivity contribution is -0.142. The molecule has 0 aliphatic rings. The molecule has 0 spiro atoms.